The molecule has 2 rings (SSSR count). The summed E-state index contributed by atoms with van der Waals surface area (Å²) >= 11 is 0. The van der Waals surface area contributed by atoms with Crippen molar-refractivity contribution in [3.8, 4) is 5.75 Å². The molecule has 0 radical (unpaired) electrons. The number of carbonyl (C=O) groups is 1. The van der Waals surface area contributed by atoms with Crippen molar-refractivity contribution in [3.05, 3.63) is 29.6 Å². The van der Waals surface area contributed by atoms with E-state index >= 15 is 0 Å². The van der Waals surface area contributed by atoms with Gasteiger partial charge < -0.3 is 15.0 Å². The Morgan fingerprint density at radius 2 is 2.23 bits per heavy atom. The second kappa shape index (κ2) is 8.24. The van der Waals surface area contributed by atoms with Gasteiger partial charge in [-0.3, -0.25) is 4.79 Å². The van der Waals surface area contributed by atoms with Gasteiger partial charge in [-0.15, -0.1) is 12.4 Å². The van der Waals surface area contributed by atoms with Gasteiger partial charge in [-0.2, -0.15) is 8.78 Å². The van der Waals surface area contributed by atoms with Crippen LogP contribution in [0.15, 0.2) is 18.2 Å². The second-order valence-electron chi connectivity index (χ2n) is 4.98. The molecule has 1 heterocycles. The van der Waals surface area contributed by atoms with Crippen LogP contribution in [0.4, 0.5) is 13.2 Å². The Balaban J connectivity index is 0.00000242. The van der Waals surface area contributed by atoms with Gasteiger partial charge in [0.25, 0.3) is 5.91 Å². The van der Waals surface area contributed by atoms with Crippen molar-refractivity contribution in [2.75, 3.05) is 26.7 Å². The van der Waals surface area contributed by atoms with E-state index in [0.717, 1.165) is 25.1 Å². The number of likely N-dealkylation sites (tertiary alicyclic amines) is 1. The normalized spacial score (nSPS) is 17.5. The first-order chi connectivity index (χ1) is 10.0. The highest BCUT2D eigenvalue weighted by atomic mass is 35.5. The molecule has 0 bridgehead atoms. The first-order valence-electron chi connectivity index (χ1n) is 6.69. The average Bonchev–Trinajstić information content (AvgIpc) is 2.86. The largest absolute Gasteiger partial charge is 0.434 e. The molecule has 22 heavy (non-hydrogen) atoms. The maximum absolute atomic E-state index is 13.1. The summed E-state index contributed by atoms with van der Waals surface area (Å²) < 4.78 is 42.1. The molecular formula is C14H18ClF3N2O2. The van der Waals surface area contributed by atoms with E-state index in [1.807, 2.05) is 7.05 Å². The van der Waals surface area contributed by atoms with Gasteiger partial charge in [0, 0.05) is 19.2 Å². The summed E-state index contributed by atoms with van der Waals surface area (Å²) in [5.41, 5.74) is -0.0400. The van der Waals surface area contributed by atoms with E-state index in [-0.39, 0.29) is 18.0 Å². The Kier molecular flexibility index (Phi) is 6.96. The smallest absolute Gasteiger partial charge is 0.387 e. The predicted molar refractivity (Wildman–Crippen MR) is 78.2 cm³/mol. The Morgan fingerprint density at radius 1 is 1.50 bits per heavy atom. The SMILES string of the molecule is CNCC1CCN(C(=O)c2ccc(F)cc2OC(F)F)C1.Cl. The first kappa shape index (κ1) is 18.6. The average molecular weight is 339 g/mol. The van der Waals surface area contributed by atoms with Gasteiger partial charge in [-0.05, 0) is 38.1 Å². The summed E-state index contributed by atoms with van der Waals surface area (Å²) in [6.45, 7) is -1.22. The fraction of sp³-hybridized carbons (Fsp3) is 0.500. The van der Waals surface area contributed by atoms with E-state index in [1.54, 1.807) is 4.90 Å². The Bertz CT molecular complexity index is 517. The highest BCUT2D eigenvalue weighted by Gasteiger charge is 2.28. The summed E-state index contributed by atoms with van der Waals surface area (Å²) in [7, 11) is 1.83. The summed E-state index contributed by atoms with van der Waals surface area (Å²) in [4.78, 5) is 13.9. The molecule has 0 aliphatic carbocycles. The van der Waals surface area contributed by atoms with E-state index in [1.165, 1.54) is 6.07 Å². The van der Waals surface area contributed by atoms with E-state index in [9.17, 15) is 18.0 Å². The van der Waals surface area contributed by atoms with Crippen LogP contribution in [0.2, 0.25) is 0 Å². The molecule has 1 unspecified atom stereocenters. The highest BCUT2D eigenvalue weighted by Crippen LogP contribution is 2.26. The quantitative estimate of drug-likeness (QED) is 0.897. The number of halogens is 4. The van der Waals surface area contributed by atoms with Crippen LogP contribution in [0.3, 0.4) is 0 Å². The molecule has 4 nitrogen and oxygen atoms in total. The molecule has 8 heteroatoms. The number of nitrogens with zero attached hydrogens (tertiary/aromatic N) is 1. The number of carbonyl (C=O) groups excluding carboxylic acids is 1. The Hall–Kier alpha value is -1.47. The number of rotatable bonds is 5. The number of alkyl halides is 2. The Labute approximate surface area is 133 Å². The third kappa shape index (κ3) is 4.51. The van der Waals surface area contributed by atoms with Crippen molar-refractivity contribution in [2.45, 2.75) is 13.0 Å². The minimum absolute atomic E-state index is 0. The van der Waals surface area contributed by atoms with Gasteiger partial charge in [0.1, 0.15) is 11.6 Å². The Morgan fingerprint density at radius 3 is 2.86 bits per heavy atom. The molecule has 1 aliphatic rings. The molecule has 1 aromatic rings. The topological polar surface area (TPSA) is 41.6 Å². The van der Waals surface area contributed by atoms with E-state index in [2.05, 4.69) is 10.1 Å². The summed E-state index contributed by atoms with van der Waals surface area (Å²) in [5, 5.41) is 3.04. The number of hydrogen-bond acceptors (Lipinski definition) is 3. The molecule has 1 aliphatic heterocycles. The molecule has 1 amide bonds. The third-order valence-electron chi connectivity index (χ3n) is 3.46. The predicted octanol–water partition coefficient (Wildman–Crippen LogP) is 2.53. The molecule has 1 saturated heterocycles. The van der Waals surface area contributed by atoms with Crippen molar-refractivity contribution in [1.82, 2.24) is 10.2 Å². The van der Waals surface area contributed by atoms with Crippen LogP contribution in [-0.4, -0.2) is 44.1 Å². The number of nitrogens with one attached hydrogen (secondary N) is 1. The van der Waals surface area contributed by atoms with Crippen molar-refractivity contribution in [3.63, 3.8) is 0 Å². The number of hydrogen-bond donors (Lipinski definition) is 1. The zero-order valence-electron chi connectivity index (χ0n) is 12.0. The molecule has 1 N–H and O–H groups in total. The monoisotopic (exact) mass is 338 g/mol. The van der Waals surface area contributed by atoms with Crippen LogP contribution in [0.25, 0.3) is 0 Å². The lowest BCUT2D eigenvalue weighted by molar-refractivity contribution is -0.0504. The van der Waals surface area contributed by atoms with Gasteiger partial charge in [0.15, 0.2) is 0 Å². The molecular weight excluding hydrogens is 321 g/mol. The van der Waals surface area contributed by atoms with Crippen LogP contribution in [0.1, 0.15) is 16.8 Å². The van der Waals surface area contributed by atoms with Gasteiger partial charge in [-0.25, -0.2) is 4.39 Å². The summed E-state index contributed by atoms with van der Waals surface area (Å²) in [5.74, 6) is -1.23. The minimum atomic E-state index is -3.10. The van der Waals surface area contributed by atoms with E-state index < -0.39 is 24.1 Å². The lowest BCUT2D eigenvalue weighted by Crippen LogP contribution is -2.30. The number of benzene rings is 1. The lowest BCUT2D eigenvalue weighted by atomic mass is 10.1. The molecule has 124 valence electrons. The second-order valence-corrected chi connectivity index (χ2v) is 4.98. The highest BCUT2D eigenvalue weighted by molar-refractivity contribution is 5.97. The summed E-state index contributed by atoms with van der Waals surface area (Å²) in [6.07, 6.45) is 0.846. The minimum Gasteiger partial charge on any atom is -0.434 e. The molecule has 1 fully saturated rings. The van der Waals surface area contributed by atoms with Crippen molar-refractivity contribution < 1.29 is 22.7 Å². The van der Waals surface area contributed by atoms with Crippen molar-refractivity contribution in [1.29, 1.82) is 0 Å². The zero-order valence-corrected chi connectivity index (χ0v) is 12.8. The van der Waals surface area contributed by atoms with Crippen molar-refractivity contribution in [2.24, 2.45) is 5.92 Å². The van der Waals surface area contributed by atoms with Crippen LogP contribution < -0.4 is 10.1 Å². The lowest BCUT2D eigenvalue weighted by Gasteiger charge is -2.18. The molecule has 0 spiro atoms. The summed E-state index contributed by atoms with van der Waals surface area (Å²) in [6, 6.07) is 3.05. The van der Waals surface area contributed by atoms with E-state index in [4.69, 9.17) is 0 Å². The van der Waals surface area contributed by atoms with Crippen LogP contribution in [0.5, 0.6) is 5.75 Å². The zero-order chi connectivity index (χ0) is 15.4. The van der Waals surface area contributed by atoms with E-state index in [0.29, 0.717) is 19.0 Å². The molecule has 1 aromatic carbocycles. The number of amides is 1. The van der Waals surface area contributed by atoms with Gasteiger partial charge >= 0.3 is 6.61 Å². The fourth-order valence-corrected chi connectivity index (χ4v) is 2.51. The van der Waals surface area contributed by atoms with Gasteiger partial charge in [0.05, 0.1) is 5.56 Å². The van der Waals surface area contributed by atoms with Gasteiger partial charge in [0.2, 0.25) is 0 Å². The van der Waals surface area contributed by atoms with Crippen LogP contribution in [0, 0.1) is 11.7 Å². The molecule has 1 atom stereocenters. The van der Waals surface area contributed by atoms with Gasteiger partial charge in [-0.1, -0.05) is 0 Å². The van der Waals surface area contributed by atoms with Crippen LogP contribution >= 0.6 is 12.4 Å². The number of ether oxygens (including phenoxy) is 1. The third-order valence-corrected chi connectivity index (χ3v) is 3.46. The van der Waals surface area contributed by atoms with Crippen LogP contribution in [-0.2, 0) is 0 Å². The maximum atomic E-state index is 13.1. The van der Waals surface area contributed by atoms with Crippen molar-refractivity contribution >= 4 is 18.3 Å². The molecule has 0 aromatic heterocycles. The first-order valence-corrected chi connectivity index (χ1v) is 6.69. The maximum Gasteiger partial charge on any atom is 0.387 e. The standard InChI is InChI=1S/C14H17F3N2O2.ClH/c1-18-7-9-4-5-19(8-9)13(20)11-3-2-10(15)6-12(11)21-14(16)17;/h2-3,6,9,14,18H,4-5,7-8H2,1H3;1H. The fourth-order valence-electron chi connectivity index (χ4n) is 2.51. The molecule has 0 saturated carbocycles.